The van der Waals surface area contributed by atoms with Crippen molar-refractivity contribution in [2.75, 3.05) is 37.7 Å². The summed E-state index contributed by atoms with van der Waals surface area (Å²) in [4.78, 5) is 6.03. The Kier molecular flexibility index (Phi) is 6.86. The topological polar surface area (TPSA) is 15.7 Å². The lowest BCUT2D eigenvalue weighted by atomic mass is 9.73. The Hall–Kier alpha value is 0.580. The van der Waals surface area contributed by atoms with Crippen LogP contribution in [0.3, 0.4) is 0 Å². The maximum atomic E-state index is 6.74. The van der Waals surface area contributed by atoms with E-state index in [-0.39, 0.29) is 5.66 Å². The Morgan fingerprint density at radius 2 is 1.57 bits per heavy atom. The van der Waals surface area contributed by atoms with Crippen LogP contribution in [0.4, 0.5) is 0 Å². The highest BCUT2D eigenvalue weighted by Gasteiger charge is 2.60. The maximum absolute atomic E-state index is 6.74. The summed E-state index contributed by atoms with van der Waals surface area (Å²) in [5.74, 6) is 3.56. The zero-order chi connectivity index (χ0) is 18.8. The highest BCUT2D eigenvalue weighted by molar-refractivity contribution is 8.00. The fourth-order valence-electron chi connectivity index (χ4n) is 7.00. The number of piperidine rings is 1. The molecule has 160 valence electrons. The van der Waals surface area contributed by atoms with E-state index in [1.807, 2.05) is 0 Å². The van der Waals surface area contributed by atoms with E-state index < -0.39 is 0 Å². The molecule has 3 nitrogen and oxygen atoms in total. The molecule has 5 aliphatic heterocycles. The standard InChI is InChI=1S/C23H40N2OS2/c1-5-16-26-21(11-1)23(24-13-3-4-14-24)19(20-10-8-18-27-20)9-7-15-25(23)22-12-2-6-17-28-22/h19-22H,1-18H2. The Morgan fingerprint density at radius 3 is 2.29 bits per heavy atom. The number of nitrogens with zero attached hydrogens (tertiary/aromatic N) is 2. The van der Waals surface area contributed by atoms with Crippen LogP contribution in [-0.2, 0) is 4.74 Å². The van der Waals surface area contributed by atoms with Gasteiger partial charge >= 0.3 is 0 Å². The minimum atomic E-state index is 0.187. The van der Waals surface area contributed by atoms with Crippen molar-refractivity contribution < 1.29 is 4.74 Å². The number of ether oxygens (including phenoxy) is 1. The zero-order valence-electron chi connectivity index (χ0n) is 17.7. The van der Waals surface area contributed by atoms with Gasteiger partial charge in [-0.1, -0.05) is 6.42 Å². The first-order chi connectivity index (χ1) is 13.9. The largest absolute Gasteiger partial charge is 0.375 e. The Labute approximate surface area is 181 Å². The van der Waals surface area contributed by atoms with Crippen molar-refractivity contribution in [3.63, 3.8) is 0 Å². The minimum absolute atomic E-state index is 0.187. The van der Waals surface area contributed by atoms with Crippen molar-refractivity contribution in [3.8, 4) is 0 Å². The van der Waals surface area contributed by atoms with Gasteiger partial charge in [-0.3, -0.25) is 9.80 Å². The molecular formula is C23H40N2OS2. The summed E-state index contributed by atoms with van der Waals surface area (Å²) in [5, 5.41) is 1.59. The van der Waals surface area contributed by atoms with E-state index in [4.69, 9.17) is 4.74 Å². The van der Waals surface area contributed by atoms with Gasteiger partial charge in [-0.2, -0.15) is 11.8 Å². The summed E-state index contributed by atoms with van der Waals surface area (Å²) in [6, 6.07) is 0. The van der Waals surface area contributed by atoms with Crippen LogP contribution in [-0.4, -0.2) is 69.9 Å². The van der Waals surface area contributed by atoms with Gasteiger partial charge in [-0.05, 0) is 82.1 Å². The van der Waals surface area contributed by atoms with Crippen LogP contribution < -0.4 is 0 Å². The average Bonchev–Trinajstić information content (AvgIpc) is 3.49. The molecule has 0 aromatic carbocycles. The van der Waals surface area contributed by atoms with Gasteiger partial charge in [-0.25, -0.2) is 0 Å². The van der Waals surface area contributed by atoms with E-state index in [9.17, 15) is 0 Å². The van der Waals surface area contributed by atoms with E-state index in [0.29, 0.717) is 6.10 Å². The van der Waals surface area contributed by atoms with Gasteiger partial charge in [-0.15, -0.1) is 11.8 Å². The van der Waals surface area contributed by atoms with Crippen molar-refractivity contribution >= 4 is 23.5 Å². The van der Waals surface area contributed by atoms with Gasteiger partial charge in [0.1, 0.15) is 5.66 Å². The van der Waals surface area contributed by atoms with Crippen LogP contribution in [0.5, 0.6) is 0 Å². The lowest BCUT2D eigenvalue weighted by molar-refractivity contribution is -0.210. The summed E-state index contributed by atoms with van der Waals surface area (Å²) in [7, 11) is 0. The number of likely N-dealkylation sites (tertiary alicyclic amines) is 2. The van der Waals surface area contributed by atoms with E-state index in [2.05, 4.69) is 33.3 Å². The molecule has 0 saturated carbocycles. The van der Waals surface area contributed by atoms with Crippen LogP contribution >= 0.6 is 23.5 Å². The number of hydrogen-bond donors (Lipinski definition) is 0. The van der Waals surface area contributed by atoms with Crippen molar-refractivity contribution in [1.82, 2.24) is 9.80 Å². The first-order valence-corrected chi connectivity index (χ1v) is 14.4. The molecule has 5 rings (SSSR count). The van der Waals surface area contributed by atoms with Gasteiger partial charge in [0.05, 0.1) is 11.5 Å². The average molecular weight is 425 g/mol. The number of hydrogen-bond acceptors (Lipinski definition) is 5. The zero-order valence-corrected chi connectivity index (χ0v) is 19.3. The summed E-state index contributed by atoms with van der Waals surface area (Å²) in [6.07, 6.45) is 17.1. The lowest BCUT2D eigenvalue weighted by Gasteiger charge is -2.63. The van der Waals surface area contributed by atoms with Crippen molar-refractivity contribution in [3.05, 3.63) is 0 Å². The van der Waals surface area contributed by atoms with Crippen LogP contribution in [0.1, 0.15) is 77.0 Å². The molecule has 5 unspecified atom stereocenters. The third kappa shape index (κ3) is 3.70. The first kappa shape index (κ1) is 20.5. The fraction of sp³-hybridized carbons (Fsp3) is 1.00. The number of thioether (sulfide) groups is 2. The minimum Gasteiger partial charge on any atom is -0.375 e. The first-order valence-electron chi connectivity index (χ1n) is 12.3. The summed E-state index contributed by atoms with van der Waals surface area (Å²) < 4.78 is 6.74. The fourth-order valence-corrected chi connectivity index (χ4v) is 9.97. The lowest BCUT2D eigenvalue weighted by Crippen LogP contribution is -2.75. The smallest absolute Gasteiger partial charge is 0.106 e. The van der Waals surface area contributed by atoms with Gasteiger partial charge in [0.15, 0.2) is 0 Å². The molecule has 0 spiro atoms. The van der Waals surface area contributed by atoms with Crippen molar-refractivity contribution in [2.45, 2.75) is 99.4 Å². The molecule has 28 heavy (non-hydrogen) atoms. The Bertz CT molecular complexity index is 497. The molecule has 0 N–H and O–H groups in total. The van der Waals surface area contributed by atoms with Crippen molar-refractivity contribution in [2.24, 2.45) is 5.92 Å². The molecule has 0 aliphatic carbocycles. The molecule has 5 atom stereocenters. The van der Waals surface area contributed by atoms with E-state index in [0.717, 1.165) is 23.1 Å². The Balaban J connectivity index is 1.56. The molecule has 5 aliphatic rings. The summed E-state index contributed by atoms with van der Waals surface area (Å²) >= 11 is 4.58. The predicted molar refractivity (Wildman–Crippen MR) is 122 cm³/mol. The van der Waals surface area contributed by atoms with Crippen LogP contribution in [0, 0.1) is 5.92 Å². The van der Waals surface area contributed by atoms with E-state index in [1.54, 1.807) is 0 Å². The maximum Gasteiger partial charge on any atom is 0.106 e. The van der Waals surface area contributed by atoms with Gasteiger partial charge < -0.3 is 4.74 Å². The summed E-state index contributed by atoms with van der Waals surface area (Å²) in [5.41, 5.74) is 0.187. The van der Waals surface area contributed by atoms with Crippen LogP contribution in [0.25, 0.3) is 0 Å². The molecule has 0 radical (unpaired) electrons. The summed E-state index contributed by atoms with van der Waals surface area (Å²) in [6.45, 7) is 4.92. The normalized spacial score (nSPS) is 44.1. The van der Waals surface area contributed by atoms with Gasteiger partial charge in [0.25, 0.3) is 0 Å². The quantitative estimate of drug-likeness (QED) is 0.614. The third-order valence-electron chi connectivity index (χ3n) is 8.10. The van der Waals surface area contributed by atoms with Crippen LogP contribution in [0.2, 0.25) is 0 Å². The molecule has 5 fully saturated rings. The highest BCUT2D eigenvalue weighted by atomic mass is 32.2. The van der Waals surface area contributed by atoms with Gasteiger partial charge in [0, 0.05) is 37.4 Å². The monoisotopic (exact) mass is 424 g/mol. The molecule has 5 saturated heterocycles. The second kappa shape index (κ2) is 9.38. The van der Waals surface area contributed by atoms with Crippen LogP contribution in [0.15, 0.2) is 0 Å². The molecule has 0 amide bonds. The molecular weight excluding hydrogens is 384 g/mol. The second-order valence-corrected chi connectivity index (χ2v) is 12.3. The second-order valence-electron chi connectivity index (χ2n) is 9.65. The Morgan fingerprint density at radius 1 is 0.714 bits per heavy atom. The number of rotatable bonds is 4. The molecule has 5 heterocycles. The highest BCUT2D eigenvalue weighted by Crippen LogP contribution is 2.52. The van der Waals surface area contributed by atoms with E-state index >= 15 is 0 Å². The third-order valence-corrected chi connectivity index (χ3v) is 11.0. The van der Waals surface area contributed by atoms with E-state index in [1.165, 1.54) is 108 Å². The SMILES string of the molecule is C1CCC(C2(N3CCCC3)C(C3CCCS3)CCCN2C2CCCCS2)OC1. The van der Waals surface area contributed by atoms with Gasteiger partial charge in [0.2, 0.25) is 0 Å². The molecule has 0 bridgehead atoms. The predicted octanol–water partition coefficient (Wildman–Crippen LogP) is 5.20. The molecule has 5 heteroatoms. The molecule has 0 aromatic heterocycles. The molecule has 0 aromatic rings. The van der Waals surface area contributed by atoms with Crippen molar-refractivity contribution in [1.29, 1.82) is 0 Å².